The second kappa shape index (κ2) is 8.67. The highest BCUT2D eigenvalue weighted by Gasteiger charge is 2.29. The highest BCUT2D eigenvalue weighted by Crippen LogP contribution is 2.27. The predicted molar refractivity (Wildman–Crippen MR) is 94.8 cm³/mol. The molecule has 1 aromatic carbocycles. The number of nitrogens with one attached hydrogen (secondary N) is 1. The summed E-state index contributed by atoms with van der Waals surface area (Å²) in [5.74, 6) is 0.156. The zero-order valence-corrected chi connectivity index (χ0v) is 15.4. The molecule has 1 fully saturated rings. The summed E-state index contributed by atoms with van der Waals surface area (Å²) in [4.78, 5) is 0.0243. The molecule has 6 nitrogen and oxygen atoms in total. The molecule has 0 heterocycles. The number of rotatable bonds is 5. The van der Waals surface area contributed by atoms with Crippen LogP contribution in [0.1, 0.15) is 44.1 Å². The summed E-state index contributed by atoms with van der Waals surface area (Å²) in [5, 5.41) is 8.90. The molecule has 0 bridgehead atoms. The molecule has 1 aromatic rings. The van der Waals surface area contributed by atoms with E-state index in [1.165, 1.54) is 25.3 Å². The van der Waals surface area contributed by atoms with E-state index in [0.717, 1.165) is 38.5 Å². The molecule has 2 rings (SSSR count). The Balaban J connectivity index is 0.00000288. The van der Waals surface area contributed by atoms with Gasteiger partial charge in [0.2, 0.25) is 10.0 Å². The third-order valence-electron chi connectivity index (χ3n) is 4.30. The van der Waals surface area contributed by atoms with E-state index in [1.807, 2.05) is 6.07 Å². The fourth-order valence-corrected chi connectivity index (χ4v) is 4.17. The summed E-state index contributed by atoms with van der Waals surface area (Å²) >= 11 is 0. The van der Waals surface area contributed by atoms with Gasteiger partial charge in [-0.25, -0.2) is 13.1 Å². The van der Waals surface area contributed by atoms with Crippen molar-refractivity contribution < 1.29 is 13.2 Å². The maximum absolute atomic E-state index is 12.6. The van der Waals surface area contributed by atoms with Gasteiger partial charge in [-0.3, -0.25) is 0 Å². The van der Waals surface area contributed by atoms with Crippen molar-refractivity contribution in [2.75, 3.05) is 13.7 Å². The van der Waals surface area contributed by atoms with Crippen LogP contribution < -0.4 is 15.2 Å². The molecule has 8 heteroatoms. The van der Waals surface area contributed by atoms with Crippen LogP contribution in [-0.2, 0) is 10.0 Å². The van der Waals surface area contributed by atoms with Crippen molar-refractivity contribution in [1.29, 1.82) is 5.26 Å². The fraction of sp³-hybridized carbons (Fsp3) is 0.562. The maximum atomic E-state index is 12.6. The largest absolute Gasteiger partial charge is 0.495 e. The number of halogens is 1. The van der Waals surface area contributed by atoms with Crippen LogP contribution in [0.4, 0.5) is 0 Å². The van der Waals surface area contributed by atoms with Crippen molar-refractivity contribution in [2.24, 2.45) is 5.73 Å². The standard InChI is InChI=1S/C16H23N3O3S.ClH/c1-22-14-10-13(11-17)6-7-15(14)23(20,21)19-12-16(18)8-4-2-3-5-9-16;/h6-7,10,19H,2-5,8-9,12,18H2,1H3;1H. The van der Waals surface area contributed by atoms with E-state index in [-0.39, 0.29) is 29.6 Å². The van der Waals surface area contributed by atoms with Crippen molar-refractivity contribution in [3.05, 3.63) is 23.8 Å². The molecule has 1 aliphatic rings. The first-order valence-electron chi connectivity index (χ1n) is 7.77. The number of nitriles is 1. The molecular formula is C16H24ClN3O3S. The van der Waals surface area contributed by atoms with Crippen LogP contribution >= 0.6 is 12.4 Å². The quantitative estimate of drug-likeness (QED) is 0.770. The first-order valence-corrected chi connectivity index (χ1v) is 9.25. The Kier molecular flexibility index (Phi) is 7.49. The third kappa shape index (κ3) is 5.08. The van der Waals surface area contributed by atoms with E-state index in [9.17, 15) is 8.42 Å². The average Bonchev–Trinajstić information content (AvgIpc) is 2.77. The van der Waals surface area contributed by atoms with Crippen LogP contribution in [0.25, 0.3) is 0 Å². The van der Waals surface area contributed by atoms with Gasteiger partial charge in [0.25, 0.3) is 0 Å². The Morgan fingerprint density at radius 2 is 1.92 bits per heavy atom. The summed E-state index contributed by atoms with van der Waals surface area (Å²) in [5.41, 5.74) is 6.21. The Morgan fingerprint density at radius 1 is 1.29 bits per heavy atom. The topological polar surface area (TPSA) is 105 Å². The predicted octanol–water partition coefficient (Wildman–Crippen LogP) is 2.32. The molecule has 0 aliphatic heterocycles. The molecule has 0 spiro atoms. The molecule has 0 aromatic heterocycles. The van der Waals surface area contributed by atoms with Gasteiger partial charge in [-0.05, 0) is 31.0 Å². The summed E-state index contributed by atoms with van der Waals surface area (Å²) in [6.45, 7) is 0.207. The molecule has 0 amide bonds. The van der Waals surface area contributed by atoms with E-state index < -0.39 is 15.6 Å². The summed E-state index contributed by atoms with van der Waals surface area (Å²) in [7, 11) is -2.36. The van der Waals surface area contributed by atoms with Crippen LogP contribution in [0.5, 0.6) is 5.75 Å². The lowest BCUT2D eigenvalue weighted by molar-refractivity contribution is 0.368. The lowest BCUT2D eigenvalue weighted by Crippen LogP contribution is -2.49. The molecular weight excluding hydrogens is 350 g/mol. The van der Waals surface area contributed by atoms with Gasteiger partial charge in [0.05, 0.1) is 18.7 Å². The summed E-state index contributed by atoms with van der Waals surface area (Å²) < 4.78 is 32.8. The Hall–Kier alpha value is -1.33. The number of hydrogen-bond donors (Lipinski definition) is 2. The van der Waals surface area contributed by atoms with Gasteiger partial charge in [-0.1, -0.05) is 25.7 Å². The van der Waals surface area contributed by atoms with Crippen molar-refractivity contribution in [1.82, 2.24) is 4.72 Å². The van der Waals surface area contributed by atoms with Gasteiger partial charge in [0.15, 0.2) is 0 Å². The fourth-order valence-electron chi connectivity index (χ4n) is 2.89. The molecule has 134 valence electrons. The highest BCUT2D eigenvalue weighted by molar-refractivity contribution is 7.89. The monoisotopic (exact) mass is 373 g/mol. The number of nitrogens with zero attached hydrogens (tertiary/aromatic N) is 1. The van der Waals surface area contributed by atoms with E-state index in [1.54, 1.807) is 0 Å². The van der Waals surface area contributed by atoms with Crippen molar-refractivity contribution >= 4 is 22.4 Å². The minimum atomic E-state index is -3.74. The number of ether oxygens (including phenoxy) is 1. The van der Waals surface area contributed by atoms with Crippen LogP contribution in [0.2, 0.25) is 0 Å². The van der Waals surface area contributed by atoms with Crippen molar-refractivity contribution in [2.45, 2.75) is 49.0 Å². The highest BCUT2D eigenvalue weighted by atomic mass is 35.5. The van der Waals surface area contributed by atoms with Crippen LogP contribution in [0, 0.1) is 11.3 Å². The maximum Gasteiger partial charge on any atom is 0.244 e. The van der Waals surface area contributed by atoms with Gasteiger partial charge in [0, 0.05) is 12.1 Å². The molecule has 0 atom stereocenters. The van der Waals surface area contributed by atoms with Crippen LogP contribution in [0.3, 0.4) is 0 Å². The lowest BCUT2D eigenvalue weighted by atomic mass is 9.92. The molecule has 0 saturated heterocycles. The summed E-state index contributed by atoms with van der Waals surface area (Å²) in [6, 6.07) is 6.22. The smallest absolute Gasteiger partial charge is 0.244 e. The van der Waals surface area contributed by atoms with Gasteiger partial charge in [0.1, 0.15) is 10.6 Å². The van der Waals surface area contributed by atoms with Gasteiger partial charge < -0.3 is 10.5 Å². The van der Waals surface area contributed by atoms with E-state index in [0.29, 0.717) is 5.56 Å². The number of sulfonamides is 1. The molecule has 24 heavy (non-hydrogen) atoms. The van der Waals surface area contributed by atoms with Crippen molar-refractivity contribution in [3.63, 3.8) is 0 Å². The van der Waals surface area contributed by atoms with Gasteiger partial charge >= 0.3 is 0 Å². The summed E-state index contributed by atoms with van der Waals surface area (Å²) in [6.07, 6.45) is 5.99. The molecule has 0 unspecified atom stereocenters. The molecule has 0 radical (unpaired) electrons. The SMILES string of the molecule is COc1cc(C#N)ccc1S(=O)(=O)NCC1(N)CCCCCC1.Cl. The number of benzene rings is 1. The normalized spacial score (nSPS) is 17.2. The van der Waals surface area contributed by atoms with Gasteiger partial charge in [-0.2, -0.15) is 5.26 Å². The Labute approximate surface area is 149 Å². The van der Waals surface area contributed by atoms with E-state index >= 15 is 0 Å². The second-order valence-electron chi connectivity index (χ2n) is 6.08. The zero-order valence-electron chi connectivity index (χ0n) is 13.7. The minimum Gasteiger partial charge on any atom is -0.495 e. The number of hydrogen-bond acceptors (Lipinski definition) is 5. The van der Waals surface area contributed by atoms with E-state index in [2.05, 4.69) is 4.72 Å². The number of nitrogens with two attached hydrogens (primary N) is 1. The molecule has 1 aliphatic carbocycles. The van der Waals surface area contributed by atoms with Crippen LogP contribution in [0.15, 0.2) is 23.1 Å². The third-order valence-corrected chi connectivity index (χ3v) is 5.74. The lowest BCUT2D eigenvalue weighted by Gasteiger charge is -2.28. The molecule has 3 N–H and O–H groups in total. The Morgan fingerprint density at radius 3 is 2.46 bits per heavy atom. The minimum absolute atomic E-state index is 0. The van der Waals surface area contributed by atoms with E-state index in [4.69, 9.17) is 15.7 Å². The first kappa shape index (κ1) is 20.7. The average molecular weight is 374 g/mol. The first-order chi connectivity index (χ1) is 10.9. The zero-order chi connectivity index (χ0) is 16.9. The Bertz CT molecular complexity index is 693. The van der Waals surface area contributed by atoms with Gasteiger partial charge in [-0.15, -0.1) is 12.4 Å². The molecule has 1 saturated carbocycles. The second-order valence-corrected chi connectivity index (χ2v) is 7.81. The van der Waals surface area contributed by atoms with Crippen molar-refractivity contribution in [3.8, 4) is 11.8 Å². The number of methoxy groups -OCH3 is 1. The van der Waals surface area contributed by atoms with Crippen LogP contribution in [-0.4, -0.2) is 27.6 Å².